The molecule has 2 unspecified atom stereocenters. The average Bonchev–Trinajstić information content (AvgIpc) is 2.93. The molecule has 2 rings (SSSR count). The fourth-order valence-electron chi connectivity index (χ4n) is 2.91. The Labute approximate surface area is 115 Å². The van der Waals surface area contributed by atoms with Crippen molar-refractivity contribution in [3.8, 4) is 0 Å². The van der Waals surface area contributed by atoms with E-state index in [-0.39, 0.29) is 18.0 Å². The molecule has 19 heavy (non-hydrogen) atoms. The van der Waals surface area contributed by atoms with Crippen LogP contribution in [0.15, 0.2) is 30.3 Å². The van der Waals surface area contributed by atoms with E-state index in [2.05, 4.69) is 12.2 Å². The van der Waals surface area contributed by atoms with Crippen LogP contribution in [0.5, 0.6) is 0 Å². The molecule has 1 saturated carbocycles. The van der Waals surface area contributed by atoms with Crippen molar-refractivity contribution in [1.82, 2.24) is 5.32 Å². The molecule has 3 N–H and O–H groups in total. The lowest BCUT2D eigenvalue weighted by molar-refractivity contribution is -0.122. The van der Waals surface area contributed by atoms with Crippen LogP contribution in [0.4, 0.5) is 0 Å². The second-order valence-corrected chi connectivity index (χ2v) is 5.62. The monoisotopic (exact) mass is 260 g/mol. The molecule has 0 aromatic heterocycles. The third-order valence-electron chi connectivity index (χ3n) is 4.13. The van der Waals surface area contributed by atoms with Crippen LogP contribution in [0.3, 0.4) is 0 Å². The van der Waals surface area contributed by atoms with Gasteiger partial charge >= 0.3 is 0 Å². The smallest absolute Gasteiger partial charge is 0.222 e. The lowest BCUT2D eigenvalue weighted by Crippen LogP contribution is -2.38. The molecule has 1 aliphatic rings. The van der Waals surface area contributed by atoms with E-state index in [1.54, 1.807) is 0 Å². The second-order valence-electron chi connectivity index (χ2n) is 5.62. The highest BCUT2D eigenvalue weighted by atomic mass is 16.1. The van der Waals surface area contributed by atoms with Crippen molar-refractivity contribution < 1.29 is 4.79 Å². The number of rotatable bonds is 5. The van der Waals surface area contributed by atoms with Crippen LogP contribution in [0, 0.1) is 5.92 Å². The predicted octanol–water partition coefficient (Wildman–Crippen LogP) is 2.77. The lowest BCUT2D eigenvalue weighted by atomic mass is 9.99. The van der Waals surface area contributed by atoms with Crippen LogP contribution in [0.25, 0.3) is 0 Å². The highest BCUT2D eigenvalue weighted by molar-refractivity contribution is 5.77. The van der Waals surface area contributed by atoms with Crippen LogP contribution >= 0.6 is 0 Å². The maximum atomic E-state index is 12.0. The summed E-state index contributed by atoms with van der Waals surface area (Å²) >= 11 is 0. The van der Waals surface area contributed by atoms with Crippen LogP contribution in [-0.2, 0) is 4.79 Å². The zero-order chi connectivity index (χ0) is 13.7. The SMILES string of the molecule is CC(NC(=O)CC(N)c1ccccc1)C1CCCC1. The van der Waals surface area contributed by atoms with Gasteiger partial charge in [-0.05, 0) is 31.2 Å². The maximum Gasteiger partial charge on any atom is 0.222 e. The molecule has 0 saturated heterocycles. The van der Waals surface area contributed by atoms with E-state index >= 15 is 0 Å². The summed E-state index contributed by atoms with van der Waals surface area (Å²) in [7, 11) is 0. The molecule has 1 aromatic carbocycles. The zero-order valence-corrected chi connectivity index (χ0v) is 11.6. The average molecular weight is 260 g/mol. The van der Waals surface area contributed by atoms with E-state index in [9.17, 15) is 4.79 Å². The Morgan fingerprint density at radius 1 is 1.32 bits per heavy atom. The summed E-state index contributed by atoms with van der Waals surface area (Å²) in [6.45, 7) is 2.11. The minimum atomic E-state index is -0.211. The molecule has 0 bridgehead atoms. The Balaban J connectivity index is 1.80. The number of benzene rings is 1. The summed E-state index contributed by atoms with van der Waals surface area (Å²) in [5, 5.41) is 3.10. The number of hydrogen-bond acceptors (Lipinski definition) is 2. The molecule has 0 radical (unpaired) electrons. The largest absolute Gasteiger partial charge is 0.353 e. The number of nitrogens with one attached hydrogen (secondary N) is 1. The normalized spacial score (nSPS) is 19.1. The van der Waals surface area contributed by atoms with E-state index in [1.165, 1.54) is 25.7 Å². The van der Waals surface area contributed by atoms with Crippen LogP contribution in [0.1, 0.15) is 50.6 Å². The number of amides is 1. The molecule has 0 spiro atoms. The third-order valence-corrected chi connectivity index (χ3v) is 4.13. The van der Waals surface area contributed by atoms with Crippen molar-refractivity contribution in [3.05, 3.63) is 35.9 Å². The fourth-order valence-corrected chi connectivity index (χ4v) is 2.91. The minimum absolute atomic E-state index is 0.0655. The molecular weight excluding hydrogens is 236 g/mol. The van der Waals surface area contributed by atoms with Crippen molar-refractivity contribution in [3.63, 3.8) is 0 Å². The molecular formula is C16H24N2O. The minimum Gasteiger partial charge on any atom is -0.353 e. The Morgan fingerprint density at radius 2 is 1.95 bits per heavy atom. The van der Waals surface area contributed by atoms with E-state index in [4.69, 9.17) is 5.73 Å². The highest BCUT2D eigenvalue weighted by Crippen LogP contribution is 2.27. The van der Waals surface area contributed by atoms with Crippen LogP contribution < -0.4 is 11.1 Å². The van der Waals surface area contributed by atoms with Crippen molar-refractivity contribution in [2.45, 2.75) is 51.1 Å². The standard InChI is InChI=1S/C16H24N2O/c1-12(13-7-5-6-8-13)18-16(19)11-15(17)14-9-3-2-4-10-14/h2-4,9-10,12-13,15H,5-8,11,17H2,1H3,(H,18,19). The van der Waals surface area contributed by atoms with E-state index in [1.807, 2.05) is 30.3 Å². The Kier molecular flexibility index (Phi) is 4.97. The maximum absolute atomic E-state index is 12.0. The van der Waals surface area contributed by atoms with Gasteiger partial charge in [-0.3, -0.25) is 4.79 Å². The van der Waals surface area contributed by atoms with Gasteiger partial charge in [-0.1, -0.05) is 43.2 Å². The van der Waals surface area contributed by atoms with Gasteiger partial charge in [0.05, 0.1) is 0 Å². The molecule has 1 fully saturated rings. The van der Waals surface area contributed by atoms with Gasteiger partial charge in [-0.15, -0.1) is 0 Å². The van der Waals surface area contributed by atoms with Gasteiger partial charge in [0.25, 0.3) is 0 Å². The van der Waals surface area contributed by atoms with Crippen LogP contribution in [-0.4, -0.2) is 11.9 Å². The Hall–Kier alpha value is -1.35. The molecule has 3 nitrogen and oxygen atoms in total. The third kappa shape index (κ3) is 4.06. The van der Waals surface area contributed by atoms with Crippen molar-refractivity contribution in [2.24, 2.45) is 11.7 Å². The van der Waals surface area contributed by atoms with Crippen molar-refractivity contribution >= 4 is 5.91 Å². The number of nitrogens with two attached hydrogens (primary N) is 1. The molecule has 104 valence electrons. The summed E-state index contributed by atoms with van der Waals surface area (Å²) in [5.74, 6) is 0.715. The van der Waals surface area contributed by atoms with Crippen molar-refractivity contribution in [2.75, 3.05) is 0 Å². The van der Waals surface area contributed by atoms with E-state index in [0.29, 0.717) is 12.3 Å². The molecule has 1 amide bonds. The molecule has 0 heterocycles. The summed E-state index contributed by atoms with van der Waals surface area (Å²) in [4.78, 5) is 12.0. The topological polar surface area (TPSA) is 55.1 Å². The number of carbonyl (C=O) groups excluding carboxylic acids is 1. The Bertz CT molecular complexity index is 398. The van der Waals surface area contributed by atoms with Gasteiger partial charge < -0.3 is 11.1 Å². The first-order valence-electron chi connectivity index (χ1n) is 7.26. The molecule has 3 heteroatoms. The first-order chi connectivity index (χ1) is 9.16. The summed E-state index contributed by atoms with van der Waals surface area (Å²) in [5.41, 5.74) is 7.08. The Morgan fingerprint density at radius 3 is 2.58 bits per heavy atom. The van der Waals surface area contributed by atoms with Crippen LogP contribution in [0.2, 0.25) is 0 Å². The van der Waals surface area contributed by atoms with Gasteiger partial charge in [-0.25, -0.2) is 0 Å². The zero-order valence-electron chi connectivity index (χ0n) is 11.6. The molecule has 1 aromatic rings. The predicted molar refractivity (Wildman–Crippen MR) is 77.6 cm³/mol. The molecule has 1 aliphatic carbocycles. The summed E-state index contributed by atoms with van der Waals surface area (Å²) < 4.78 is 0. The van der Waals surface area contributed by atoms with Gasteiger partial charge in [0.15, 0.2) is 0 Å². The summed E-state index contributed by atoms with van der Waals surface area (Å²) in [6.07, 6.45) is 5.45. The van der Waals surface area contributed by atoms with E-state index in [0.717, 1.165) is 5.56 Å². The highest BCUT2D eigenvalue weighted by Gasteiger charge is 2.23. The summed E-state index contributed by atoms with van der Waals surface area (Å²) in [6, 6.07) is 9.87. The number of carbonyl (C=O) groups is 1. The van der Waals surface area contributed by atoms with Gasteiger partial charge in [-0.2, -0.15) is 0 Å². The first-order valence-corrected chi connectivity index (χ1v) is 7.26. The first kappa shape index (κ1) is 14.1. The fraction of sp³-hybridized carbons (Fsp3) is 0.562. The molecule has 2 atom stereocenters. The van der Waals surface area contributed by atoms with Gasteiger partial charge in [0.2, 0.25) is 5.91 Å². The molecule has 0 aliphatic heterocycles. The van der Waals surface area contributed by atoms with Gasteiger partial charge in [0, 0.05) is 18.5 Å². The number of hydrogen-bond donors (Lipinski definition) is 2. The quantitative estimate of drug-likeness (QED) is 0.855. The lowest BCUT2D eigenvalue weighted by Gasteiger charge is -2.21. The second kappa shape index (κ2) is 6.71. The van der Waals surface area contributed by atoms with E-state index < -0.39 is 0 Å². The van der Waals surface area contributed by atoms with Gasteiger partial charge in [0.1, 0.15) is 0 Å². The van der Waals surface area contributed by atoms with Crippen molar-refractivity contribution in [1.29, 1.82) is 0 Å².